The van der Waals surface area contributed by atoms with Gasteiger partial charge in [-0.05, 0) is 42.5 Å². The fraction of sp³-hybridized carbons (Fsp3) is 0.400. The summed E-state index contributed by atoms with van der Waals surface area (Å²) in [5.74, 6) is 0.771. The molecule has 2 aromatic rings. The van der Waals surface area contributed by atoms with Gasteiger partial charge in [-0.3, -0.25) is 0 Å². The van der Waals surface area contributed by atoms with Gasteiger partial charge in [0.05, 0.1) is 0 Å². The maximum absolute atomic E-state index is 2.41. The smallest absolute Gasteiger partial charge is 0.0429 e. The molecule has 0 amide bonds. The second-order valence-corrected chi connectivity index (χ2v) is 5.88. The van der Waals surface area contributed by atoms with Crippen LogP contribution in [0.5, 0.6) is 0 Å². The van der Waals surface area contributed by atoms with Crippen LogP contribution in [0.2, 0.25) is 0 Å². The summed E-state index contributed by atoms with van der Waals surface area (Å²) in [4.78, 5) is 2.41. The van der Waals surface area contributed by atoms with E-state index < -0.39 is 0 Å². The van der Waals surface area contributed by atoms with Gasteiger partial charge in [0.15, 0.2) is 0 Å². The zero-order chi connectivity index (χ0) is 15.1. The fourth-order valence-corrected chi connectivity index (χ4v) is 2.57. The first-order valence-electron chi connectivity index (χ1n) is 8.10. The molecule has 21 heavy (non-hydrogen) atoms. The van der Waals surface area contributed by atoms with Crippen molar-refractivity contribution in [3.63, 3.8) is 0 Å². The molecule has 1 heteroatoms. The Morgan fingerprint density at radius 3 is 2.05 bits per heavy atom. The highest BCUT2D eigenvalue weighted by Crippen LogP contribution is 2.18. The van der Waals surface area contributed by atoms with Gasteiger partial charge in [0, 0.05) is 18.8 Å². The largest absolute Gasteiger partial charge is 0.367 e. The number of nitrogens with zero attached hydrogens (tertiary/aromatic N) is 1. The molecular weight excluding hydrogens is 254 g/mol. The Morgan fingerprint density at radius 1 is 0.857 bits per heavy atom. The number of rotatable bonds is 7. The van der Waals surface area contributed by atoms with Gasteiger partial charge in [0.2, 0.25) is 0 Å². The third-order valence-corrected chi connectivity index (χ3v) is 4.18. The van der Waals surface area contributed by atoms with Crippen molar-refractivity contribution in [1.82, 2.24) is 0 Å². The van der Waals surface area contributed by atoms with E-state index in [9.17, 15) is 0 Å². The van der Waals surface area contributed by atoms with Crippen molar-refractivity contribution in [1.29, 1.82) is 0 Å². The first kappa shape index (κ1) is 15.6. The van der Waals surface area contributed by atoms with Crippen molar-refractivity contribution < 1.29 is 0 Å². The van der Waals surface area contributed by atoms with Gasteiger partial charge in [-0.25, -0.2) is 0 Å². The van der Waals surface area contributed by atoms with E-state index in [-0.39, 0.29) is 0 Å². The lowest BCUT2D eigenvalue weighted by atomic mass is 9.98. The number of hydrogen-bond acceptors (Lipinski definition) is 1. The first-order valence-corrected chi connectivity index (χ1v) is 8.10. The van der Waals surface area contributed by atoms with Crippen LogP contribution in [-0.4, -0.2) is 6.54 Å². The molecule has 0 fully saturated rings. The van der Waals surface area contributed by atoms with Crippen LogP contribution in [0.4, 0.5) is 5.69 Å². The minimum atomic E-state index is 0.771. The van der Waals surface area contributed by atoms with E-state index in [2.05, 4.69) is 80.3 Å². The molecule has 0 aliphatic carbocycles. The van der Waals surface area contributed by atoms with Gasteiger partial charge < -0.3 is 4.90 Å². The Kier molecular flexibility index (Phi) is 5.86. The van der Waals surface area contributed by atoms with Crippen LogP contribution >= 0.6 is 0 Å². The Hall–Kier alpha value is -1.76. The molecule has 1 nitrogen and oxygen atoms in total. The molecule has 0 radical (unpaired) electrons. The molecule has 0 spiro atoms. The maximum atomic E-state index is 2.41. The summed E-state index contributed by atoms with van der Waals surface area (Å²) in [6.45, 7) is 8.80. The van der Waals surface area contributed by atoms with E-state index in [1.807, 2.05) is 0 Å². The quantitative estimate of drug-likeness (QED) is 0.665. The molecule has 0 saturated heterocycles. The van der Waals surface area contributed by atoms with Gasteiger partial charge in [-0.15, -0.1) is 0 Å². The van der Waals surface area contributed by atoms with Crippen LogP contribution in [0, 0.1) is 5.92 Å². The maximum Gasteiger partial charge on any atom is 0.0429 e. The van der Waals surface area contributed by atoms with Crippen LogP contribution in [0.15, 0.2) is 54.6 Å². The summed E-state index contributed by atoms with van der Waals surface area (Å²) >= 11 is 0. The second-order valence-electron chi connectivity index (χ2n) is 5.88. The number of anilines is 1. The van der Waals surface area contributed by atoms with Crippen molar-refractivity contribution >= 4 is 5.69 Å². The molecule has 0 aliphatic heterocycles. The first-order chi connectivity index (χ1) is 10.2. The molecule has 2 aromatic carbocycles. The van der Waals surface area contributed by atoms with E-state index >= 15 is 0 Å². The molecule has 0 bridgehead atoms. The zero-order valence-corrected chi connectivity index (χ0v) is 13.5. The molecule has 0 aromatic heterocycles. The van der Waals surface area contributed by atoms with E-state index in [1.54, 1.807) is 0 Å². The number of hydrogen-bond donors (Lipinski definition) is 0. The Balaban J connectivity index is 2.02. The van der Waals surface area contributed by atoms with Crippen molar-refractivity contribution in [3.05, 3.63) is 65.7 Å². The SMILES string of the molecule is CC[C@@H](C)Cc1ccc(CN(CC)c2ccccc2)cc1. The lowest BCUT2D eigenvalue weighted by molar-refractivity contribution is 0.560. The predicted octanol–water partition coefficient (Wildman–Crippen LogP) is 5.30. The van der Waals surface area contributed by atoms with Gasteiger partial charge in [0.1, 0.15) is 0 Å². The minimum absolute atomic E-state index is 0.771. The summed E-state index contributed by atoms with van der Waals surface area (Å²) in [5, 5.41) is 0. The van der Waals surface area contributed by atoms with Crippen LogP contribution < -0.4 is 4.90 Å². The van der Waals surface area contributed by atoms with Crippen LogP contribution in [0.3, 0.4) is 0 Å². The molecule has 0 heterocycles. The van der Waals surface area contributed by atoms with Crippen molar-refractivity contribution in [2.24, 2.45) is 5.92 Å². The summed E-state index contributed by atoms with van der Waals surface area (Å²) in [6.07, 6.45) is 2.44. The Morgan fingerprint density at radius 2 is 1.48 bits per heavy atom. The van der Waals surface area contributed by atoms with Crippen molar-refractivity contribution in [2.75, 3.05) is 11.4 Å². The fourth-order valence-electron chi connectivity index (χ4n) is 2.57. The van der Waals surface area contributed by atoms with Gasteiger partial charge in [0.25, 0.3) is 0 Å². The monoisotopic (exact) mass is 281 g/mol. The summed E-state index contributed by atoms with van der Waals surface area (Å²) in [7, 11) is 0. The normalized spacial score (nSPS) is 12.1. The van der Waals surface area contributed by atoms with E-state index in [1.165, 1.54) is 29.7 Å². The third kappa shape index (κ3) is 4.63. The van der Waals surface area contributed by atoms with E-state index in [0.717, 1.165) is 19.0 Å². The van der Waals surface area contributed by atoms with Gasteiger partial charge in [-0.1, -0.05) is 62.7 Å². The average Bonchev–Trinajstić information content (AvgIpc) is 2.54. The minimum Gasteiger partial charge on any atom is -0.367 e. The van der Waals surface area contributed by atoms with E-state index in [4.69, 9.17) is 0 Å². The summed E-state index contributed by atoms with van der Waals surface area (Å²) in [5.41, 5.74) is 4.13. The number of benzene rings is 2. The number of para-hydroxylation sites is 1. The summed E-state index contributed by atoms with van der Waals surface area (Å²) in [6, 6.07) is 19.8. The molecular formula is C20H27N. The molecule has 2 rings (SSSR count). The molecule has 0 saturated carbocycles. The highest BCUT2D eigenvalue weighted by molar-refractivity contribution is 5.46. The van der Waals surface area contributed by atoms with Crippen LogP contribution in [0.1, 0.15) is 38.3 Å². The Bertz CT molecular complexity index is 515. The lowest BCUT2D eigenvalue weighted by Crippen LogP contribution is -2.21. The molecule has 112 valence electrons. The second kappa shape index (κ2) is 7.87. The molecule has 0 N–H and O–H groups in total. The van der Waals surface area contributed by atoms with Crippen LogP contribution in [-0.2, 0) is 13.0 Å². The highest BCUT2D eigenvalue weighted by Gasteiger charge is 2.05. The van der Waals surface area contributed by atoms with E-state index in [0.29, 0.717) is 0 Å². The lowest BCUT2D eigenvalue weighted by Gasteiger charge is -2.23. The predicted molar refractivity (Wildman–Crippen MR) is 92.8 cm³/mol. The topological polar surface area (TPSA) is 3.24 Å². The summed E-state index contributed by atoms with van der Waals surface area (Å²) < 4.78 is 0. The van der Waals surface area contributed by atoms with Crippen molar-refractivity contribution in [3.8, 4) is 0 Å². The molecule has 0 aliphatic rings. The third-order valence-electron chi connectivity index (χ3n) is 4.18. The Labute approximate surface area is 129 Å². The van der Waals surface area contributed by atoms with Crippen molar-refractivity contribution in [2.45, 2.75) is 40.2 Å². The average molecular weight is 281 g/mol. The standard InChI is InChI=1S/C20H27N/c1-4-17(3)15-18-11-13-19(14-12-18)16-21(5-2)20-9-7-6-8-10-20/h6-14,17H,4-5,15-16H2,1-3H3/t17-/m1/s1. The zero-order valence-electron chi connectivity index (χ0n) is 13.5. The van der Waals surface area contributed by atoms with Gasteiger partial charge in [-0.2, -0.15) is 0 Å². The molecule has 0 unspecified atom stereocenters. The molecule has 1 atom stereocenters. The van der Waals surface area contributed by atoms with Gasteiger partial charge >= 0.3 is 0 Å². The van der Waals surface area contributed by atoms with Crippen LogP contribution in [0.25, 0.3) is 0 Å². The highest BCUT2D eigenvalue weighted by atomic mass is 15.1.